The first-order valence-electron chi connectivity index (χ1n) is 8.70. The average molecular weight is 364 g/mol. The largest absolute Gasteiger partial charge is 0.409 e. The van der Waals surface area contributed by atoms with E-state index < -0.39 is 32.9 Å². The molecule has 1 rings (SSSR count). The van der Waals surface area contributed by atoms with Crippen molar-refractivity contribution in [1.29, 1.82) is 0 Å². The van der Waals surface area contributed by atoms with Crippen molar-refractivity contribution in [3.05, 3.63) is 50.1 Å². The molecular formula is C18H24N2O6. The molecule has 0 bridgehead atoms. The number of nitro benzene ring substituents is 2. The first-order valence-corrected chi connectivity index (χ1v) is 8.70. The Balaban J connectivity index is 3.03. The van der Waals surface area contributed by atoms with Gasteiger partial charge < -0.3 is 4.74 Å². The summed E-state index contributed by atoms with van der Waals surface area (Å²) in [5.41, 5.74) is -0.652. The first kappa shape index (κ1) is 21.3. The van der Waals surface area contributed by atoms with Crippen LogP contribution in [0.15, 0.2) is 24.3 Å². The Kier molecular flexibility index (Phi) is 8.97. The Labute approximate surface area is 152 Å². The molecule has 0 N–H and O–H groups in total. The number of rotatable bonds is 11. The number of benzene rings is 1. The molecule has 0 saturated carbocycles. The van der Waals surface area contributed by atoms with Gasteiger partial charge in [-0.2, -0.15) is 0 Å². The second-order valence-corrected chi connectivity index (χ2v) is 5.92. The topological polar surface area (TPSA) is 113 Å². The molecule has 0 aliphatic carbocycles. The fourth-order valence-corrected chi connectivity index (χ4v) is 2.56. The molecule has 8 heteroatoms. The molecular weight excluding hydrogens is 340 g/mol. The van der Waals surface area contributed by atoms with Crippen LogP contribution < -0.4 is 4.74 Å². The third-order valence-electron chi connectivity index (χ3n) is 3.83. The first-order chi connectivity index (χ1) is 12.4. The van der Waals surface area contributed by atoms with Gasteiger partial charge in [0.25, 0.3) is 5.75 Å². The standard InChI is InChI=1S/C18H24N2O6/c1-3-5-6-7-8-9-11-14-12-15(19(22)23)18(16(13-14)20(24)25)26-17(21)10-4-2/h4,10,12-13H,3,5-9,11H2,1-2H3/b10-4+. The highest BCUT2D eigenvalue weighted by atomic mass is 16.6. The van der Waals surface area contributed by atoms with Crippen molar-refractivity contribution in [3.8, 4) is 5.75 Å². The Morgan fingerprint density at radius 3 is 2.08 bits per heavy atom. The second-order valence-electron chi connectivity index (χ2n) is 5.92. The highest BCUT2D eigenvalue weighted by molar-refractivity contribution is 5.86. The van der Waals surface area contributed by atoms with Gasteiger partial charge in [-0.1, -0.05) is 45.1 Å². The summed E-state index contributed by atoms with van der Waals surface area (Å²) >= 11 is 0. The lowest BCUT2D eigenvalue weighted by Gasteiger charge is -2.07. The highest BCUT2D eigenvalue weighted by Crippen LogP contribution is 2.38. The van der Waals surface area contributed by atoms with E-state index in [1.54, 1.807) is 6.92 Å². The number of esters is 1. The van der Waals surface area contributed by atoms with Crippen molar-refractivity contribution >= 4 is 17.3 Å². The monoisotopic (exact) mass is 364 g/mol. The summed E-state index contributed by atoms with van der Waals surface area (Å²) in [6.45, 7) is 3.69. The molecule has 1 aromatic rings. The number of hydrogen-bond donors (Lipinski definition) is 0. The zero-order valence-electron chi connectivity index (χ0n) is 15.1. The van der Waals surface area contributed by atoms with Crippen LogP contribution in [0.3, 0.4) is 0 Å². The molecule has 1 aromatic carbocycles. The number of carbonyl (C=O) groups excluding carboxylic acids is 1. The highest BCUT2D eigenvalue weighted by Gasteiger charge is 2.30. The van der Waals surface area contributed by atoms with E-state index in [4.69, 9.17) is 4.74 Å². The van der Waals surface area contributed by atoms with Gasteiger partial charge >= 0.3 is 17.3 Å². The van der Waals surface area contributed by atoms with Crippen LogP contribution in [0, 0.1) is 20.2 Å². The molecule has 0 aromatic heterocycles. The Bertz CT molecular complexity index is 649. The fraction of sp³-hybridized carbons (Fsp3) is 0.500. The van der Waals surface area contributed by atoms with Gasteiger partial charge in [-0.25, -0.2) is 4.79 Å². The van der Waals surface area contributed by atoms with Gasteiger partial charge in [-0.05, 0) is 25.3 Å². The number of allylic oxidation sites excluding steroid dienone is 1. The second kappa shape index (κ2) is 11.0. The summed E-state index contributed by atoms with van der Waals surface area (Å²) in [5.74, 6) is -1.53. The van der Waals surface area contributed by atoms with Gasteiger partial charge in [-0.15, -0.1) is 0 Å². The zero-order valence-corrected chi connectivity index (χ0v) is 15.1. The van der Waals surface area contributed by atoms with Crippen LogP contribution >= 0.6 is 0 Å². The molecule has 0 atom stereocenters. The number of nitrogens with zero attached hydrogens (tertiary/aromatic N) is 2. The third kappa shape index (κ3) is 6.62. The van der Waals surface area contributed by atoms with Gasteiger partial charge in [0.1, 0.15) is 0 Å². The zero-order chi connectivity index (χ0) is 19.5. The molecule has 0 unspecified atom stereocenters. The lowest BCUT2D eigenvalue weighted by molar-refractivity contribution is -0.395. The Hall–Kier alpha value is -2.77. The number of aryl methyl sites for hydroxylation is 1. The summed E-state index contributed by atoms with van der Waals surface area (Å²) in [6.07, 6.45) is 9.18. The molecule has 142 valence electrons. The summed E-state index contributed by atoms with van der Waals surface area (Å²) in [5, 5.41) is 22.6. The van der Waals surface area contributed by atoms with Gasteiger partial charge in [0.05, 0.1) is 9.85 Å². The van der Waals surface area contributed by atoms with Crippen LogP contribution in [0.1, 0.15) is 57.9 Å². The maximum absolute atomic E-state index is 11.6. The van der Waals surface area contributed by atoms with Crippen molar-refractivity contribution in [2.75, 3.05) is 0 Å². The van der Waals surface area contributed by atoms with E-state index in [-0.39, 0.29) is 0 Å². The minimum Gasteiger partial charge on any atom is -0.409 e. The Morgan fingerprint density at radius 1 is 1.04 bits per heavy atom. The molecule has 0 saturated heterocycles. The lowest BCUT2D eigenvalue weighted by atomic mass is 10.0. The van der Waals surface area contributed by atoms with Gasteiger partial charge in [0.15, 0.2) is 0 Å². The van der Waals surface area contributed by atoms with Crippen LogP contribution in [-0.2, 0) is 11.2 Å². The van der Waals surface area contributed by atoms with E-state index in [2.05, 4.69) is 6.92 Å². The van der Waals surface area contributed by atoms with Crippen LogP contribution in [0.25, 0.3) is 0 Å². The van der Waals surface area contributed by atoms with Crippen LogP contribution in [0.5, 0.6) is 5.75 Å². The summed E-state index contributed by atoms with van der Waals surface area (Å²) < 4.78 is 4.86. The van der Waals surface area contributed by atoms with Crippen molar-refractivity contribution in [2.45, 2.75) is 58.8 Å². The predicted octanol–water partition coefficient (Wildman–Crippen LogP) is 4.89. The SMILES string of the molecule is C/C=C/C(=O)Oc1c([N+](=O)[O-])cc(CCCCCCCC)cc1[N+](=O)[O-]. The predicted molar refractivity (Wildman–Crippen MR) is 97.3 cm³/mol. The Morgan fingerprint density at radius 2 is 1.58 bits per heavy atom. The number of unbranched alkanes of at least 4 members (excludes halogenated alkanes) is 5. The maximum Gasteiger partial charge on any atom is 0.336 e. The van der Waals surface area contributed by atoms with Crippen molar-refractivity contribution in [2.24, 2.45) is 0 Å². The normalized spacial score (nSPS) is 10.8. The minimum atomic E-state index is -0.901. The number of nitro groups is 2. The summed E-state index contributed by atoms with van der Waals surface area (Å²) in [6, 6.07) is 2.49. The fourth-order valence-electron chi connectivity index (χ4n) is 2.56. The van der Waals surface area contributed by atoms with Crippen LogP contribution in [0.4, 0.5) is 11.4 Å². The average Bonchev–Trinajstić information content (AvgIpc) is 2.58. The third-order valence-corrected chi connectivity index (χ3v) is 3.83. The van der Waals surface area contributed by atoms with Gasteiger partial charge in [0, 0.05) is 18.2 Å². The molecule has 0 amide bonds. The van der Waals surface area contributed by atoms with E-state index in [0.29, 0.717) is 12.0 Å². The van der Waals surface area contributed by atoms with E-state index >= 15 is 0 Å². The number of hydrogen-bond acceptors (Lipinski definition) is 6. The molecule has 0 spiro atoms. The molecule has 0 radical (unpaired) electrons. The molecule has 8 nitrogen and oxygen atoms in total. The minimum absolute atomic E-state index is 0.490. The molecule has 26 heavy (non-hydrogen) atoms. The van der Waals surface area contributed by atoms with E-state index in [1.807, 2.05) is 0 Å². The summed E-state index contributed by atoms with van der Waals surface area (Å²) in [4.78, 5) is 32.7. The van der Waals surface area contributed by atoms with Gasteiger partial charge in [0.2, 0.25) is 0 Å². The summed E-state index contributed by atoms with van der Waals surface area (Å²) in [7, 11) is 0. The van der Waals surface area contributed by atoms with Crippen molar-refractivity contribution in [3.63, 3.8) is 0 Å². The smallest absolute Gasteiger partial charge is 0.336 e. The van der Waals surface area contributed by atoms with E-state index in [1.165, 1.54) is 24.6 Å². The van der Waals surface area contributed by atoms with Crippen molar-refractivity contribution < 1.29 is 19.4 Å². The molecule has 0 fully saturated rings. The quantitative estimate of drug-likeness (QED) is 0.138. The lowest BCUT2D eigenvalue weighted by Crippen LogP contribution is -2.09. The molecule has 0 heterocycles. The van der Waals surface area contributed by atoms with Gasteiger partial charge in [-0.3, -0.25) is 20.2 Å². The maximum atomic E-state index is 11.6. The van der Waals surface area contributed by atoms with E-state index in [0.717, 1.165) is 38.2 Å². The molecule has 0 aliphatic rings. The van der Waals surface area contributed by atoms with E-state index in [9.17, 15) is 25.0 Å². The van der Waals surface area contributed by atoms with Crippen molar-refractivity contribution in [1.82, 2.24) is 0 Å². The van der Waals surface area contributed by atoms with Crippen LogP contribution in [0.2, 0.25) is 0 Å². The molecule has 0 aliphatic heterocycles. The number of carbonyl (C=O) groups is 1. The van der Waals surface area contributed by atoms with Crippen LogP contribution in [-0.4, -0.2) is 15.8 Å². The number of ether oxygens (including phenoxy) is 1.